The third-order valence-corrected chi connectivity index (χ3v) is 4.78. The van der Waals surface area contributed by atoms with E-state index in [2.05, 4.69) is 10.6 Å². The highest BCUT2D eigenvalue weighted by Crippen LogP contribution is 2.13. The highest BCUT2D eigenvalue weighted by Gasteiger charge is 2.29. The first-order valence-electron chi connectivity index (χ1n) is 6.06. The third kappa shape index (κ3) is 5.15. The predicted octanol–water partition coefficient (Wildman–Crippen LogP) is -1.01. The molecule has 7 nitrogen and oxygen atoms in total. The van der Waals surface area contributed by atoms with E-state index >= 15 is 0 Å². The Labute approximate surface area is 112 Å². The van der Waals surface area contributed by atoms with E-state index in [-0.39, 0.29) is 30.4 Å². The number of hydrogen-bond acceptors (Lipinski definition) is 5. The highest BCUT2D eigenvalue weighted by molar-refractivity contribution is 7.91. The van der Waals surface area contributed by atoms with Gasteiger partial charge in [-0.25, -0.2) is 8.42 Å². The van der Waals surface area contributed by atoms with E-state index in [9.17, 15) is 18.0 Å². The molecule has 1 saturated heterocycles. The Bertz CT molecular complexity index is 458. The molecule has 1 amide bonds. The van der Waals surface area contributed by atoms with Crippen LogP contribution in [-0.2, 0) is 19.4 Å². The molecule has 19 heavy (non-hydrogen) atoms. The fourth-order valence-corrected chi connectivity index (χ4v) is 3.13. The monoisotopic (exact) mass is 292 g/mol. The Morgan fingerprint density at radius 2 is 2.05 bits per heavy atom. The van der Waals surface area contributed by atoms with E-state index in [1.165, 1.54) is 13.8 Å². The number of carboxylic acids is 1. The van der Waals surface area contributed by atoms with Crippen LogP contribution in [0.25, 0.3) is 0 Å². The van der Waals surface area contributed by atoms with E-state index in [0.29, 0.717) is 6.54 Å². The van der Waals surface area contributed by atoms with Gasteiger partial charge in [-0.2, -0.15) is 0 Å². The quantitative estimate of drug-likeness (QED) is 0.598. The largest absolute Gasteiger partial charge is 0.481 e. The Morgan fingerprint density at radius 3 is 2.58 bits per heavy atom. The summed E-state index contributed by atoms with van der Waals surface area (Å²) in [5.74, 6) is -1.30. The average Bonchev–Trinajstić information content (AvgIpc) is 2.25. The van der Waals surface area contributed by atoms with Crippen molar-refractivity contribution in [2.24, 2.45) is 5.41 Å². The Morgan fingerprint density at radius 1 is 1.42 bits per heavy atom. The summed E-state index contributed by atoms with van der Waals surface area (Å²) in [6, 6.07) is -0.397. The van der Waals surface area contributed by atoms with Gasteiger partial charge in [0.25, 0.3) is 0 Å². The second-order valence-corrected chi connectivity index (χ2v) is 7.66. The summed E-state index contributed by atoms with van der Waals surface area (Å²) in [7, 11) is -3.07. The molecule has 1 rings (SSSR count). The Kier molecular flexibility index (Phi) is 4.92. The van der Waals surface area contributed by atoms with Gasteiger partial charge in [-0.3, -0.25) is 9.59 Å². The summed E-state index contributed by atoms with van der Waals surface area (Å²) in [4.78, 5) is 22.5. The number of rotatable bonds is 5. The number of amides is 1. The van der Waals surface area contributed by atoms with Crippen LogP contribution < -0.4 is 10.6 Å². The smallest absolute Gasteiger partial charge is 0.310 e. The number of nitrogens with one attached hydrogen (secondary N) is 2. The first-order valence-corrected chi connectivity index (χ1v) is 7.88. The van der Waals surface area contributed by atoms with Crippen LogP contribution in [0.15, 0.2) is 0 Å². The Balaban J connectivity index is 2.42. The lowest BCUT2D eigenvalue weighted by Crippen LogP contribution is -2.48. The van der Waals surface area contributed by atoms with Gasteiger partial charge in [-0.05, 0) is 13.8 Å². The van der Waals surface area contributed by atoms with Gasteiger partial charge >= 0.3 is 5.97 Å². The fraction of sp³-hybridized carbons (Fsp3) is 0.818. The molecule has 0 spiro atoms. The molecule has 0 aromatic carbocycles. The van der Waals surface area contributed by atoms with Gasteiger partial charge in [0.2, 0.25) is 5.91 Å². The van der Waals surface area contributed by atoms with Crippen molar-refractivity contribution >= 4 is 21.7 Å². The van der Waals surface area contributed by atoms with Crippen molar-refractivity contribution in [1.82, 2.24) is 10.6 Å². The van der Waals surface area contributed by atoms with Crippen molar-refractivity contribution in [3.63, 3.8) is 0 Å². The normalized spacial score (nSPS) is 22.7. The van der Waals surface area contributed by atoms with E-state index in [4.69, 9.17) is 5.11 Å². The van der Waals surface area contributed by atoms with Gasteiger partial charge in [0, 0.05) is 25.6 Å². The third-order valence-electron chi connectivity index (χ3n) is 3.04. The molecule has 1 unspecified atom stereocenters. The summed E-state index contributed by atoms with van der Waals surface area (Å²) in [6.45, 7) is 3.39. The predicted molar refractivity (Wildman–Crippen MR) is 69.5 cm³/mol. The summed E-state index contributed by atoms with van der Waals surface area (Å²) in [5, 5.41) is 14.4. The number of hydrogen-bond donors (Lipinski definition) is 3. The second kappa shape index (κ2) is 5.87. The minimum atomic E-state index is -3.07. The van der Waals surface area contributed by atoms with Crippen molar-refractivity contribution < 1.29 is 23.1 Å². The van der Waals surface area contributed by atoms with Crippen molar-refractivity contribution in [3.8, 4) is 0 Å². The molecule has 1 atom stereocenters. The molecule has 110 valence electrons. The molecular weight excluding hydrogens is 272 g/mol. The molecule has 0 saturated carbocycles. The van der Waals surface area contributed by atoms with Crippen LogP contribution in [0, 0.1) is 5.41 Å². The van der Waals surface area contributed by atoms with Gasteiger partial charge < -0.3 is 15.7 Å². The SMILES string of the molecule is CC(C)(CNC(=O)CC1CS(=O)(=O)CCN1)C(=O)O. The lowest BCUT2D eigenvalue weighted by Gasteiger charge is -2.24. The van der Waals surface area contributed by atoms with Crippen LogP contribution >= 0.6 is 0 Å². The first-order chi connectivity index (χ1) is 8.62. The van der Waals surface area contributed by atoms with Crippen LogP contribution in [0.4, 0.5) is 0 Å². The first kappa shape index (κ1) is 15.9. The number of carbonyl (C=O) groups is 2. The standard InChI is InChI=1S/C11H20N2O5S/c1-11(2,10(15)16)7-13-9(14)5-8-6-19(17,18)4-3-12-8/h8,12H,3-7H2,1-2H3,(H,13,14)(H,15,16). The van der Waals surface area contributed by atoms with Crippen molar-refractivity contribution in [2.45, 2.75) is 26.3 Å². The molecule has 1 fully saturated rings. The molecule has 0 aromatic heterocycles. The molecule has 0 aliphatic carbocycles. The molecule has 1 aliphatic rings. The molecule has 1 heterocycles. The number of carboxylic acid groups (broad SMARTS) is 1. The minimum absolute atomic E-state index is 0.0145. The van der Waals surface area contributed by atoms with Gasteiger partial charge in [0.1, 0.15) is 0 Å². The van der Waals surface area contributed by atoms with Crippen molar-refractivity contribution in [1.29, 1.82) is 0 Å². The van der Waals surface area contributed by atoms with Gasteiger partial charge in [0.15, 0.2) is 9.84 Å². The van der Waals surface area contributed by atoms with Crippen LogP contribution in [-0.4, -0.2) is 56.0 Å². The molecule has 0 radical (unpaired) electrons. The Hall–Kier alpha value is -1.15. The average molecular weight is 292 g/mol. The molecule has 8 heteroatoms. The maximum Gasteiger partial charge on any atom is 0.310 e. The zero-order valence-electron chi connectivity index (χ0n) is 11.1. The highest BCUT2D eigenvalue weighted by atomic mass is 32.2. The van der Waals surface area contributed by atoms with E-state index in [0.717, 1.165) is 0 Å². The number of sulfone groups is 1. The summed E-state index contributed by atoms with van der Waals surface area (Å²) in [5.41, 5.74) is -1.04. The maximum atomic E-state index is 11.7. The topological polar surface area (TPSA) is 113 Å². The molecule has 3 N–H and O–H groups in total. The van der Waals surface area contributed by atoms with E-state index < -0.39 is 27.3 Å². The summed E-state index contributed by atoms with van der Waals surface area (Å²) < 4.78 is 22.8. The van der Waals surface area contributed by atoms with Crippen LogP contribution in [0.2, 0.25) is 0 Å². The molecule has 1 aliphatic heterocycles. The molecule has 0 bridgehead atoms. The van der Waals surface area contributed by atoms with E-state index in [1.54, 1.807) is 0 Å². The van der Waals surface area contributed by atoms with Crippen molar-refractivity contribution in [3.05, 3.63) is 0 Å². The number of aliphatic carboxylic acids is 1. The lowest BCUT2D eigenvalue weighted by molar-refractivity contribution is -0.146. The minimum Gasteiger partial charge on any atom is -0.481 e. The lowest BCUT2D eigenvalue weighted by atomic mass is 9.94. The summed E-state index contributed by atoms with van der Waals surface area (Å²) in [6.07, 6.45) is 0.0366. The fourth-order valence-electron chi connectivity index (χ4n) is 1.69. The summed E-state index contributed by atoms with van der Waals surface area (Å²) >= 11 is 0. The van der Waals surface area contributed by atoms with Gasteiger partial charge in [0.05, 0.1) is 16.9 Å². The van der Waals surface area contributed by atoms with Crippen LogP contribution in [0.1, 0.15) is 20.3 Å². The number of carbonyl (C=O) groups excluding carboxylic acids is 1. The molecule has 0 aromatic rings. The van der Waals surface area contributed by atoms with Crippen LogP contribution in [0.3, 0.4) is 0 Å². The maximum absolute atomic E-state index is 11.7. The van der Waals surface area contributed by atoms with E-state index in [1.807, 2.05) is 0 Å². The van der Waals surface area contributed by atoms with Crippen molar-refractivity contribution in [2.75, 3.05) is 24.6 Å². The molecular formula is C11H20N2O5S. The second-order valence-electron chi connectivity index (χ2n) is 5.44. The van der Waals surface area contributed by atoms with Gasteiger partial charge in [-0.15, -0.1) is 0 Å². The van der Waals surface area contributed by atoms with Gasteiger partial charge in [-0.1, -0.05) is 0 Å². The zero-order chi connectivity index (χ0) is 14.7. The van der Waals surface area contributed by atoms with Crippen LogP contribution in [0.5, 0.6) is 0 Å². The zero-order valence-corrected chi connectivity index (χ0v) is 11.9.